The normalized spacial score (nSPS) is 11.0. The van der Waals surface area contributed by atoms with Crippen LogP contribution in [-0.2, 0) is 0 Å². The van der Waals surface area contributed by atoms with Crippen molar-refractivity contribution in [3.05, 3.63) is 101 Å². The molecule has 4 aromatic carbocycles. The van der Waals surface area contributed by atoms with Gasteiger partial charge < -0.3 is 14.0 Å². The van der Waals surface area contributed by atoms with Crippen LogP contribution in [0, 0.1) is 52.4 Å². The molecule has 35 heavy (non-hydrogen) atoms. The zero-order chi connectivity index (χ0) is 25.4. The summed E-state index contributed by atoms with van der Waals surface area (Å²) in [7, 11) is -2.40. The van der Waals surface area contributed by atoms with Crippen molar-refractivity contribution < 1.29 is 53.5 Å². The topological polar surface area (TPSA) is 27.7 Å². The quantitative estimate of drug-likeness (QED) is 0.129. The molecule has 0 aromatic heterocycles. The Morgan fingerprint density at radius 2 is 1.03 bits per heavy atom. The molecule has 0 aliphatic carbocycles. The average molecular weight is 502 g/mol. The van der Waals surface area contributed by atoms with Gasteiger partial charge in [-0.2, -0.15) is 8.78 Å². The molecule has 0 fully saturated rings. The second-order valence-electron chi connectivity index (χ2n) is 6.84. The van der Waals surface area contributed by atoms with E-state index in [0.717, 1.165) is 12.1 Å². The van der Waals surface area contributed by atoms with Crippen LogP contribution in [0.4, 0.5) is 39.5 Å². The Kier molecular flexibility index (Phi) is 6.42. The van der Waals surface area contributed by atoms with Gasteiger partial charge in [-0.25, -0.2) is 30.7 Å². The van der Waals surface area contributed by atoms with Gasteiger partial charge in [0, 0.05) is 17.5 Å². The van der Waals surface area contributed by atoms with Gasteiger partial charge in [0.25, 0.3) is 0 Å². The fourth-order valence-electron chi connectivity index (χ4n) is 3.01. The molecule has 0 amide bonds. The largest absolute Gasteiger partial charge is 0.864 e. The molecule has 180 valence electrons. The van der Waals surface area contributed by atoms with Crippen LogP contribution in [0.15, 0.2) is 48.5 Å². The van der Waals surface area contributed by atoms with Gasteiger partial charge in [0.15, 0.2) is 34.9 Å². The summed E-state index contributed by atoms with van der Waals surface area (Å²) in [4.78, 5) is 0. The standard InChI is InChI=1S/C22H8BF9O3/c24-9-7-14(28)19(29)17(8-9)35-23(34-16-6-4-13(27)21(31)22(16)32)33-15-5-3-11(25)18-10(15)1-2-12(26)20(18)30/h1-8H. The highest BCUT2D eigenvalue weighted by Gasteiger charge is 2.35. The van der Waals surface area contributed by atoms with E-state index in [4.69, 9.17) is 14.0 Å². The van der Waals surface area contributed by atoms with Crippen molar-refractivity contribution in [3.8, 4) is 17.2 Å². The van der Waals surface area contributed by atoms with E-state index in [2.05, 4.69) is 0 Å². The third-order valence-electron chi connectivity index (χ3n) is 4.61. The van der Waals surface area contributed by atoms with Crippen molar-refractivity contribution in [1.82, 2.24) is 0 Å². The third-order valence-corrected chi connectivity index (χ3v) is 4.61. The summed E-state index contributed by atoms with van der Waals surface area (Å²) in [5.41, 5.74) is 0. The van der Waals surface area contributed by atoms with E-state index in [1.807, 2.05) is 0 Å². The summed E-state index contributed by atoms with van der Waals surface area (Å²) < 4.78 is 139. The number of fused-ring (bicyclic) bond motifs is 1. The minimum atomic E-state index is -2.40. The maximum Gasteiger partial charge on any atom is 0.864 e. The number of hydrogen-bond donors (Lipinski definition) is 0. The van der Waals surface area contributed by atoms with Crippen molar-refractivity contribution >= 4 is 18.1 Å². The number of benzene rings is 4. The van der Waals surface area contributed by atoms with Gasteiger partial charge >= 0.3 is 7.32 Å². The average Bonchev–Trinajstić information content (AvgIpc) is 2.81. The van der Waals surface area contributed by atoms with Crippen LogP contribution in [0.3, 0.4) is 0 Å². The molecule has 4 aromatic rings. The molecule has 0 spiro atoms. The van der Waals surface area contributed by atoms with Crippen molar-refractivity contribution in [1.29, 1.82) is 0 Å². The molecule has 13 heteroatoms. The Balaban J connectivity index is 1.79. The van der Waals surface area contributed by atoms with Gasteiger partial charge in [-0.1, -0.05) is 0 Å². The minimum absolute atomic E-state index is 0.179. The lowest BCUT2D eigenvalue weighted by molar-refractivity contribution is 0.287. The molecule has 0 aliphatic heterocycles. The zero-order valence-corrected chi connectivity index (χ0v) is 16.8. The van der Waals surface area contributed by atoms with Crippen LogP contribution in [-0.4, -0.2) is 7.32 Å². The smallest absolute Gasteiger partial charge is 0.489 e. The lowest BCUT2D eigenvalue weighted by Crippen LogP contribution is -2.37. The summed E-state index contributed by atoms with van der Waals surface area (Å²) in [6, 6.07) is 4.63. The van der Waals surface area contributed by atoms with E-state index < -0.39 is 87.7 Å². The minimum Gasteiger partial charge on any atom is -0.489 e. The molecule has 0 N–H and O–H groups in total. The Labute approximate surface area is 190 Å². The number of halogens is 9. The first kappa shape index (κ1) is 24.1. The fraction of sp³-hybridized carbons (Fsp3) is 0. The predicted molar refractivity (Wildman–Crippen MR) is 104 cm³/mol. The van der Waals surface area contributed by atoms with E-state index in [9.17, 15) is 39.5 Å². The highest BCUT2D eigenvalue weighted by molar-refractivity contribution is 6.39. The molecule has 0 radical (unpaired) electrons. The van der Waals surface area contributed by atoms with E-state index in [1.165, 1.54) is 0 Å². The lowest BCUT2D eigenvalue weighted by Gasteiger charge is -2.18. The fourth-order valence-corrected chi connectivity index (χ4v) is 3.01. The highest BCUT2D eigenvalue weighted by atomic mass is 19.2. The van der Waals surface area contributed by atoms with Crippen LogP contribution in [0.5, 0.6) is 17.2 Å². The Morgan fingerprint density at radius 3 is 1.77 bits per heavy atom. The first-order valence-corrected chi connectivity index (χ1v) is 9.41. The first-order valence-electron chi connectivity index (χ1n) is 9.41. The van der Waals surface area contributed by atoms with Crippen LogP contribution in [0.25, 0.3) is 10.8 Å². The van der Waals surface area contributed by atoms with Crippen LogP contribution < -0.4 is 14.0 Å². The van der Waals surface area contributed by atoms with Gasteiger partial charge in [-0.15, -0.1) is 0 Å². The van der Waals surface area contributed by atoms with Crippen molar-refractivity contribution in [2.24, 2.45) is 0 Å². The summed E-state index contributed by atoms with van der Waals surface area (Å²) in [5.74, 6) is -17.1. The van der Waals surface area contributed by atoms with Gasteiger partial charge in [-0.3, -0.25) is 0 Å². The van der Waals surface area contributed by atoms with Gasteiger partial charge in [0.2, 0.25) is 5.82 Å². The Morgan fingerprint density at radius 1 is 0.457 bits per heavy atom. The third kappa shape index (κ3) is 4.66. The second kappa shape index (κ2) is 9.32. The SMILES string of the molecule is Fc1cc(F)c(F)c(OB(Oc2ccc(F)c(F)c2F)Oc2ccc(F)c3c(F)c(F)ccc23)c1. The van der Waals surface area contributed by atoms with Gasteiger partial charge in [-0.05, 0) is 36.4 Å². The monoisotopic (exact) mass is 502 g/mol. The molecule has 0 aliphatic rings. The molecule has 0 bridgehead atoms. The van der Waals surface area contributed by atoms with Crippen molar-refractivity contribution in [2.75, 3.05) is 0 Å². The zero-order valence-electron chi connectivity index (χ0n) is 16.8. The van der Waals surface area contributed by atoms with Gasteiger partial charge in [0.1, 0.15) is 28.9 Å². The molecule has 4 rings (SSSR count). The van der Waals surface area contributed by atoms with Crippen LogP contribution >= 0.6 is 0 Å². The second-order valence-corrected chi connectivity index (χ2v) is 6.84. The molecule has 0 saturated heterocycles. The summed E-state index contributed by atoms with van der Waals surface area (Å²) in [5, 5.41) is -1.28. The van der Waals surface area contributed by atoms with E-state index >= 15 is 0 Å². The molecule has 0 atom stereocenters. The molecule has 0 heterocycles. The molecule has 0 saturated carbocycles. The summed E-state index contributed by atoms with van der Waals surface area (Å²) >= 11 is 0. The van der Waals surface area contributed by atoms with E-state index in [1.54, 1.807) is 0 Å². The molecule has 0 unspecified atom stereocenters. The molecule has 3 nitrogen and oxygen atoms in total. The maximum absolute atomic E-state index is 14.2. The van der Waals surface area contributed by atoms with Crippen LogP contribution in [0.2, 0.25) is 0 Å². The van der Waals surface area contributed by atoms with Crippen molar-refractivity contribution in [2.45, 2.75) is 0 Å². The summed E-state index contributed by atoms with van der Waals surface area (Å²) in [6.07, 6.45) is 0. The number of rotatable bonds is 6. The number of hydrogen-bond acceptors (Lipinski definition) is 3. The molecular weight excluding hydrogens is 494 g/mol. The first-order chi connectivity index (χ1) is 16.6. The Bertz CT molecular complexity index is 1450. The van der Waals surface area contributed by atoms with Crippen LogP contribution in [0.1, 0.15) is 0 Å². The van der Waals surface area contributed by atoms with Crippen molar-refractivity contribution in [3.63, 3.8) is 0 Å². The maximum atomic E-state index is 14.2. The van der Waals surface area contributed by atoms with E-state index in [0.29, 0.717) is 30.3 Å². The summed E-state index contributed by atoms with van der Waals surface area (Å²) in [6.45, 7) is 0. The Hall–Kier alpha value is -4.03. The lowest BCUT2D eigenvalue weighted by atomic mass is 10.1. The van der Waals surface area contributed by atoms with Gasteiger partial charge in [0.05, 0.1) is 5.39 Å². The highest BCUT2D eigenvalue weighted by Crippen LogP contribution is 2.33. The molecular formula is C22H8BF9O3. The van der Waals surface area contributed by atoms with E-state index in [-0.39, 0.29) is 6.07 Å². The predicted octanol–water partition coefficient (Wildman–Crippen LogP) is 6.61.